The zero-order chi connectivity index (χ0) is 13.0. The number of amides is 2. The fourth-order valence-corrected chi connectivity index (χ4v) is 1.38. The lowest BCUT2D eigenvalue weighted by atomic mass is 10.2. The van der Waals surface area contributed by atoms with Crippen LogP contribution in [0.2, 0.25) is 0 Å². The molecule has 0 radical (unpaired) electrons. The second-order valence-corrected chi connectivity index (χ2v) is 3.71. The second-order valence-electron chi connectivity index (χ2n) is 3.71. The lowest BCUT2D eigenvalue weighted by molar-refractivity contribution is -0.139. The average Bonchev–Trinajstić information content (AvgIpc) is 2.57. The number of nitrogens with zero attached hydrogens (tertiary/aromatic N) is 1. The predicted molar refractivity (Wildman–Crippen MR) is 61.9 cm³/mol. The number of H-pyrrole nitrogens is 1. The predicted octanol–water partition coefficient (Wildman–Crippen LogP) is 1.01. The van der Waals surface area contributed by atoms with Gasteiger partial charge in [0.1, 0.15) is 6.04 Å². The molecule has 1 unspecified atom stereocenters. The van der Waals surface area contributed by atoms with Crippen molar-refractivity contribution in [1.29, 1.82) is 0 Å². The Kier molecular flexibility index (Phi) is 4.08. The largest absolute Gasteiger partial charge is 0.480 e. The van der Waals surface area contributed by atoms with Gasteiger partial charge in [0.05, 0.1) is 17.1 Å². The first kappa shape index (κ1) is 13.0. The molecule has 1 atom stereocenters. The van der Waals surface area contributed by atoms with E-state index in [0.29, 0.717) is 17.8 Å². The summed E-state index contributed by atoms with van der Waals surface area (Å²) in [5, 5.41) is 20.4. The van der Waals surface area contributed by atoms with E-state index in [1.165, 1.54) is 0 Å². The highest BCUT2D eigenvalue weighted by Crippen LogP contribution is 2.15. The molecule has 1 aromatic heterocycles. The Labute approximate surface area is 98.6 Å². The summed E-state index contributed by atoms with van der Waals surface area (Å²) in [6.45, 7) is 5.20. The molecule has 4 N–H and O–H groups in total. The molecule has 0 fully saturated rings. The molecular formula is C10H16N4O3. The quantitative estimate of drug-likeness (QED) is 0.630. The van der Waals surface area contributed by atoms with Crippen molar-refractivity contribution in [2.45, 2.75) is 33.2 Å². The summed E-state index contributed by atoms with van der Waals surface area (Å²) in [6, 6.07) is -1.44. The zero-order valence-corrected chi connectivity index (χ0v) is 10.00. The van der Waals surface area contributed by atoms with Crippen molar-refractivity contribution in [3.05, 3.63) is 11.4 Å². The number of hydrogen-bond donors (Lipinski definition) is 4. The van der Waals surface area contributed by atoms with E-state index in [4.69, 9.17) is 5.11 Å². The SMILES string of the molecule is CCC(NC(=O)Nc1c(C)n[nH]c1C)C(=O)O. The van der Waals surface area contributed by atoms with Crippen LogP contribution in [0.25, 0.3) is 0 Å². The Bertz CT molecular complexity index is 408. The normalized spacial score (nSPS) is 11.9. The number of carboxylic acids is 1. The third-order valence-electron chi connectivity index (χ3n) is 2.38. The molecule has 0 aliphatic heterocycles. The summed E-state index contributed by atoms with van der Waals surface area (Å²) in [4.78, 5) is 22.3. The van der Waals surface area contributed by atoms with Crippen molar-refractivity contribution >= 4 is 17.7 Å². The number of hydrogen-bond acceptors (Lipinski definition) is 3. The van der Waals surface area contributed by atoms with Crippen LogP contribution >= 0.6 is 0 Å². The number of anilines is 1. The molecule has 17 heavy (non-hydrogen) atoms. The van der Waals surface area contributed by atoms with Crippen molar-refractivity contribution < 1.29 is 14.7 Å². The number of aromatic amines is 1. The molecule has 0 aliphatic carbocycles. The van der Waals surface area contributed by atoms with Crippen LogP contribution in [0.3, 0.4) is 0 Å². The standard InChI is InChI=1S/C10H16N4O3/c1-4-7(9(15)16)11-10(17)12-8-5(2)13-14-6(8)3/h7H,4H2,1-3H3,(H,13,14)(H,15,16)(H2,11,12,17). The van der Waals surface area contributed by atoms with E-state index >= 15 is 0 Å². The topological polar surface area (TPSA) is 107 Å². The van der Waals surface area contributed by atoms with Crippen molar-refractivity contribution in [3.63, 3.8) is 0 Å². The van der Waals surface area contributed by atoms with E-state index in [1.807, 2.05) is 0 Å². The number of rotatable bonds is 4. The maximum absolute atomic E-state index is 11.6. The van der Waals surface area contributed by atoms with Gasteiger partial charge in [-0.3, -0.25) is 5.10 Å². The number of aryl methyl sites for hydroxylation is 2. The highest BCUT2D eigenvalue weighted by molar-refractivity contribution is 5.93. The Morgan fingerprint density at radius 2 is 2.12 bits per heavy atom. The minimum atomic E-state index is -1.05. The van der Waals surface area contributed by atoms with Crippen molar-refractivity contribution in [1.82, 2.24) is 15.5 Å². The monoisotopic (exact) mass is 240 g/mol. The Balaban J connectivity index is 2.64. The van der Waals surface area contributed by atoms with E-state index in [9.17, 15) is 9.59 Å². The van der Waals surface area contributed by atoms with Crippen molar-refractivity contribution in [2.24, 2.45) is 0 Å². The summed E-state index contributed by atoms with van der Waals surface area (Å²) >= 11 is 0. The minimum Gasteiger partial charge on any atom is -0.480 e. The fraction of sp³-hybridized carbons (Fsp3) is 0.500. The van der Waals surface area contributed by atoms with Gasteiger partial charge in [-0.25, -0.2) is 9.59 Å². The maximum atomic E-state index is 11.6. The van der Waals surface area contributed by atoms with Crippen LogP contribution in [0.4, 0.5) is 10.5 Å². The lowest BCUT2D eigenvalue weighted by Gasteiger charge is -2.13. The smallest absolute Gasteiger partial charge is 0.326 e. The van der Waals surface area contributed by atoms with E-state index in [2.05, 4.69) is 20.8 Å². The van der Waals surface area contributed by atoms with Crippen LogP contribution in [0, 0.1) is 13.8 Å². The van der Waals surface area contributed by atoms with Gasteiger partial charge in [0.15, 0.2) is 0 Å². The van der Waals surface area contributed by atoms with Crippen molar-refractivity contribution in [2.75, 3.05) is 5.32 Å². The first-order valence-corrected chi connectivity index (χ1v) is 5.27. The van der Waals surface area contributed by atoms with Gasteiger partial charge in [-0.2, -0.15) is 5.10 Å². The van der Waals surface area contributed by atoms with Crippen LogP contribution in [-0.4, -0.2) is 33.3 Å². The van der Waals surface area contributed by atoms with Crippen LogP contribution < -0.4 is 10.6 Å². The molecule has 0 saturated heterocycles. The van der Waals surface area contributed by atoms with Crippen LogP contribution in [-0.2, 0) is 4.79 Å². The number of nitrogens with one attached hydrogen (secondary N) is 3. The molecule has 2 amide bonds. The Morgan fingerprint density at radius 3 is 2.53 bits per heavy atom. The summed E-state index contributed by atoms with van der Waals surface area (Å²) in [5.74, 6) is -1.05. The molecule has 1 rings (SSSR count). The number of carbonyl (C=O) groups is 2. The first-order valence-electron chi connectivity index (χ1n) is 5.27. The van der Waals surface area contributed by atoms with E-state index in [0.717, 1.165) is 5.69 Å². The fourth-order valence-electron chi connectivity index (χ4n) is 1.38. The summed E-state index contributed by atoms with van der Waals surface area (Å²) in [6.07, 6.45) is 0.326. The van der Waals surface area contributed by atoms with Crippen LogP contribution in [0.1, 0.15) is 24.7 Å². The lowest BCUT2D eigenvalue weighted by Crippen LogP contribution is -2.42. The van der Waals surface area contributed by atoms with Gasteiger partial charge >= 0.3 is 12.0 Å². The molecule has 0 aliphatic rings. The summed E-state index contributed by atoms with van der Waals surface area (Å²) in [7, 11) is 0. The molecule has 1 aromatic rings. The minimum absolute atomic E-state index is 0.326. The van der Waals surface area contributed by atoms with Gasteiger partial charge < -0.3 is 15.7 Å². The number of carboxylic acid groups (broad SMARTS) is 1. The number of aliphatic carboxylic acids is 1. The molecule has 0 aromatic carbocycles. The third kappa shape index (κ3) is 3.20. The highest BCUT2D eigenvalue weighted by atomic mass is 16.4. The molecule has 7 heteroatoms. The van der Waals surface area contributed by atoms with Crippen LogP contribution in [0.15, 0.2) is 0 Å². The van der Waals surface area contributed by atoms with E-state index in [-0.39, 0.29) is 0 Å². The van der Waals surface area contributed by atoms with Crippen molar-refractivity contribution in [3.8, 4) is 0 Å². The number of aromatic nitrogens is 2. The summed E-state index contributed by atoms with van der Waals surface area (Å²) in [5.41, 5.74) is 1.95. The van der Waals surface area contributed by atoms with E-state index in [1.54, 1.807) is 20.8 Å². The molecule has 7 nitrogen and oxygen atoms in total. The van der Waals surface area contributed by atoms with Gasteiger partial charge in [0.25, 0.3) is 0 Å². The molecule has 0 saturated carbocycles. The van der Waals surface area contributed by atoms with Gasteiger partial charge in [0, 0.05) is 0 Å². The number of urea groups is 1. The molecule has 1 heterocycles. The average molecular weight is 240 g/mol. The van der Waals surface area contributed by atoms with Gasteiger partial charge in [-0.05, 0) is 20.3 Å². The molecule has 0 bridgehead atoms. The summed E-state index contributed by atoms with van der Waals surface area (Å²) < 4.78 is 0. The first-order chi connectivity index (χ1) is 7.95. The highest BCUT2D eigenvalue weighted by Gasteiger charge is 2.18. The molecule has 94 valence electrons. The number of carbonyl (C=O) groups excluding carboxylic acids is 1. The molecule has 0 spiro atoms. The van der Waals surface area contributed by atoms with Gasteiger partial charge in [-0.1, -0.05) is 6.92 Å². The van der Waals surface area contributed by atoms with Crippen LogP contribution in [0.5, 0.6) is 0 Å². The molecular weight excluding hydrogens is 224 g/mol. The second kappa shape index (κ2) is 5.33. The third-order valence-corrected chi connectivity index (χ3v) is 2.38. The zero-order valence-electron chi connectivity index (χ0n) is 10.00. The van der Waals surface area contributed by atoms with Gasteiger partial charge in [0.2, 0.25) is 0 Å². The van der Waals surface area contributed by atoms with E-state index < -0.39 is 18.0 Å². The Hall–Kier alpha value is -2.05. The maximum Gasteiger partial charge on any atom is 0.326 e. The van der Waals surface area contributed by atoms with Gasteiger partial charge in [-0.15, -0.1) is 0 Å². The Morgan fingerprint density at radius 1 is 1.47 bits per heavy atom.